The second-order valence-corrected chi connectivity index (χ2v) is 11.5. The van der Waals surface area contributed by atoms with E-state index in [-0.39, 0.29) is 0 Å². The normalized spacial score (nSPS) is 13.5. The zero-order valence-corrected chi connectivity index (χ0v) is 23.0. The van der Waals surface area contributed by atoms with Crippen LogP contribution in [0.25, 0.3) is 54.6 Å². The van der Waals surface area contributed by atoms with Crippen molar-refractivity contribution < 1.29 is 0 Å². The molecule has 1 aliphatic rings. The predicted molar refractivity (Wildman–Crippen MR) is 178 cm³/mol. The fourth-order valence-corrected chi connectivity index (χ4v) is 7.70. The molecule has 0 spiro atoms. The van der Waals surface area contributed by atoms with Crippen LogP contribution in [0.2, 0.25) is 0 Å². The van der Waals surface area contributed by atoms with Gasteiger partial charge in [0.1, 0.15) is 7.85 Å². The van der Waals surface area contributed by atoms with Crippen molar-refractivity contribution in [3.63, 3.8) is 0 Å². The molecule has 0 nitrogen and oxygen atoms in total. The summed E-state index contributed by atoms with van der Waals surface area (Å²) < 4.78 is 0. The molecule has 0 aromatic heterocycles. The summed E-state index contributed by atoms with van der Waals surface area (Å²) in [5.74, 6) is 0. The quantitative estimate of drug-likeness (QED) is 0.158. The SMILES string of the molecule is [B]c1cccc(C2(c3cccc(-c4ccc5ccc6cccc7ccc4c5c67)c3)c3ccccc3-c3ccccc32)c1. The Kier molecular flexibility index (Phi) is 4.87. The Morgan fingerprint density at radius 2 is 0.976 bits per heavy atom. The molecule has 0 bridgehead atoms. The van der Waals surface area contributed by atoms with E-state index in [2.05, 4.69) is 146 Å². The van der Waals surface area contributed by atoms with Gasteiger partial charge in [0.05, 0.1) is 5.41 Å². The summed E-state index contributed by atoms with van der Waals surface area (Å²) in [4.78, 5) is 0. The molecule has 8 aromatic rings. The van der Waals surface area contributed by atoms with Gasteiger partial charge in [-0.05, 0) is 82.9 Å². The summed E-state index contributed by atoms with van der Waals surface area (Å²) in [6, 6.07) is 55.6. The molecule has 0 fully saturated rings. The highest BCUT2D eigenvalue weighted by Crippen LogP contribution is 2.56. The van der Waals surface area contributed by atoms with Crippen LogP contribution in [0.4, 0.5) is 0 Å². The van der Waals surface area contributed by atoms with Crippen molar-refractivity contribution in [1.29, 1.82) is 0 Å². The molecule has 9 rings (SSSR count). The Bertz CT molecular complexity index is 2260. The van der Waals surface area contributed by atoms with Crippen molar-refractivity contribution in [1.82, 2.24) is 0 Å². The molecule has 0 aliphatic heterocycles. The second-order valence-electron chi connectivity index (χ2n) is 11.5. The molecule has 2 radical (unpaired) electrons. The molecule has 0 atom stereocenters. The second kappa shape index (κ2) is 8.68. The molecule has 0 saturated heterocycles. The largest absolute Gasteiger partial charge is 0.113 e. The Labute approximate surface area is 246 Å². The lowest BCUT2D eigenvalue weighted by atomic mass is 9.66. The third-order valence-electron chi connectivity index (χ3n) is 9.41. The van der Waals surface area contributed by atoms with Gasteiger partial charge in [0.2, 0.25) is 0 Å². The van der Waals surface area contributed by atoms with Crippen LogP contribution in [0.15, 0.2) is 152 Å². The van der Waals surface area contributed by atoms with Crippen LogP contribution >= 0.6 is 0 Å². The molecule has 0 saturated carbocycles. The highest BCUT2D eigenvalue weighted by Gasteiger charge is 2.45. The zero-order valence-electron chi connectivity index (χ0n) is 23.0. The maximum Gasteiger partial charge on any atom is 0.113 e. The third-order valence-corrected chi connectivity index (χ3v) is 9.41. The fourth-order valence-electron chi connectivity index (χ4n) is 7.70. The average molecular weight is 528 g/mol. The molecule has 192 valence electrons. The Hall–Kier alpha value is -5.14. The van der Waals surface area contributed by atoms with Gasteiger partial charge in [0.15, 0.2) is 0 Å². The molecular weight excluding hydrogens is 503 g/mol. The van der Waals surface area contributed by atoms with Crippen molar-refractivity contribution >= 4 is 45.6 Å². The van der Waals surface area contributed by atoms with Crippen molar-refractivity contribution in [3.05, 3.63) is 174 Å². The zero-order chi connectivity index (χ0) is 27.8. The molecular formula is C41H25B. The summed E-state index contributed by atoms with van der Waals surface area (Å²) in [7, 11) is 6.46. The van der Waals surface area contributed by atoms with Crippen LogP contribution in [-0.4, -0.2) is 7.85 Å². The molecule has 0 amide bonds. The first-order valence-electron chi connectivity index (χ1n) is 14.6. The van der Waals surface area contributed by atoms with E-state index < -0.39 is 5.41 Å². The third kappa shape index (κ3) is 3.08. The summed E-state index contributed by atoms with van der Waals surface area (Å²) in [6.45, 7) is 0. The average Bonchev–Trinajstić information content (AvgIpc) is 3.35. The van der Waals surface area contributed by atoms with E-state index in [9.17, 15) is 0 Å². The number of fused-ring (bicyclic) bond motifs is 3. The van der Waals surface area contributed by atoms with E-state index in [0.29, 0.717) is 0 Å². The van der Waals surface area contributed by atoms with E-state index in [1.54, 1.807) is 0 Å². The Balaban J connectivity index is 1.36. The first kappa shape index (κ1) is 23.6. The van der Waals surface area contributed by atoms with Crippen LogP contribution in [0.5, 0.6) is 0 Å². The maximum atomic E-state index is 6.46. The van der Waals surface area contributed by atoms with E-state index in [1.807, 2.05) is 6.07 Å². The van der Waals surface area contributed by atoms with E-state index in [0.717, 1.165) is 5.46 Å². The van der Waals surface area contributed by atoms with Crippen molar-refractivity contribution in [2.45, 2.75) is 5.41 Å². The fraction of sp³-hybridized carbons (Fsp3) is 0.0244. The smallest absolute Gasteiger partial charge is 0.0963 e. The van der Waals surface area contributed by atoms with E-state index in [4.69, 9.17) is 7.85 Å². The first-order valence-corrected chi connectivity index (χ1v) is 14.6. The monoisotopic (exact) mass is 528 g/mol. The molecule has 0 unspecified atom stereocenters. The lowest BCUT2D eigenvalue weighted by Crippen LogP contribution is -2.29. The topological polar surface area (TPSA) is 0 Å². The minimum absolute atomic E-state index is 0.484. The van der Waals surface area contributed by atoms with Gasteiger partial charge < -0.3 is 0 Å². The molecule has 0 N–H and O–H groups in total. The Morgan fingerprint density at radius 3 is 1.69 bits per heavy atom. The first-order chi connectivity index (χ1) is 20.7. The summed E-state index contributed by atoms with van der Waals surface area (Å²) in [6.07, 6.45) is 0. The van der Waals surface area contributed by atoms with Gasteiger partial charge in [-0.3, -0.25) is 0 Å². The van der Waals surface area contributed by atoms with Crippen molar-refractivity contribution in [2.75, 3.05) is 0 Å². The van der Waals surface area contributed by atoms with Gasteiger partial charge >= 0.3 is 0 Å². The highest BCUT2D eigenvalue weighted by atomic mass is 14.5. The van der Waals surface area contributed by atoms with Gasteiger partial charge in [0, 0.05) is 0 Å². The minimum atomic E-state index is -0.484. The lowest BCUT2D eigenvalue weighted by molar-refractivity contribution is 0.769. The van der Waals surface area contributed by atoms with Gasteiger partial charge in [-0.25, -0.2) is 0 Å². The van der Waals surface area contributed by atoms with Crippen molar-refractivity contribution in [3.8, 4) is 22.3 Å². The number of hydrogen-bond acceptors (Lipinski definition) is 0. The molecule has 1 heteroatoms. The van der Waals surface area contributed by atoms with E-state index >= 15 is 0 Å². The number of benzene rings is 8. The minimum Gasteiger partial charge on any atom is -0.0963 e. The Morgan fingerprint density at radius 1 is 0.405 bits per heavy atom. The molecule has 0 heterocycles. The molecule has 8 aromatic carbocycles. The van der Waals surface area contributed by atoms with Crippen LogP contribution in [0, 0.1) is 0 Å². The van der Waals surface area contributed by atoms with Crippen molar-refractivity contribution in [2.24, 2.45) is 0 Å². The molecule has 42 heavy (non-hydrogen) atoms. The van der Waals surface area contributed by atoms with Crippen LogP contribution in [-0.2, 0) is 5.41 Å². The van der Waals surface area contributed by atoms with Gasteiger partial charge in [0.25, 0.3) is 0 Å². The van der Waals surface area contributed by atoms with Crippen LogP contribution in [0.3, 0.4) is 0 Å². The van der Waals surface area contributed by atoms with Gasteiger partial charge in [-0.2, -0.15) is 0 Å². The summed E-state index contributed by atoms with van der Waals surface area (Å²) >= 11 is 0. The molecule has 1 aliphatic carbocycles. The summed E-state index contributed by atoms with van der Waals surface area (Å²) in [5.41, 5.74) is 10.3. The highest BCUT2D eigenvalue weighted by molar-refractivity contribution is 6.32. The summed E-state index contributed by atoms with van der Waals surface area (Å²) in [5, 5.41) is 7.84. The maximum absolute atomic E-state index is 6.46. The lowest BCUT2D eigenvalue weighted by Gasteiger charge is -2.34. The predicted octanol–water partition coefficient (Wildman–Crippen LogP) is 9.41. The van der Waals surface area contributed by atoms with Gasteiger partial charge in [-0.1, -0.05) is 151 Å². The van der Waals surface area contributed by atoms with Crippen LogP contribution in [0.1, 0.15) is 22.3 Å². The number of hydrogen-bond donors (Lipinski definition) is 0. The van der Waals surface area contributed by atoms with Crippen LogP contribution < -0.4 is 5.46 Å². The van der Waals surface area contributed by atoms with Gasteiger partial charge in [-0.15, -0.1) is 0 Å². The van der Waals surface area contributed by atoms with E-state index in [1.165, 1.54) is 76.8 Å². The number of rotatable bonds is 3. The standard InChI is InChI=1S/C41H25B/c42-32-13-7-12-31(25-32)41(37-16-3-1-14-34(37)35-15-2-4-17-38(35)41)30-11-6-10-29(24-30)33-22-20-28-19-18-26-8-5-9-27-21-23-36(33)40(28)39(26)27/h1-25H.